The summed E-state index contributed by atoms with van der Waals surface area (Å²) in [5.74, 6) is -0.437. The number of hydrogen-bond donors (Lipinski definition) is 2. The molecule has 86 valence electrons. The molecule has 0 unspecified atom stereocenters. The second-order valence-corrected chi connectivity index (χ2v) is 4.10. The topological polar surface area (TPSA) is 79.5 Å². The van der Waals surface area contributed by atoms with Crippen molar-refractivity contribution in [2.75, 3.05) is 17.7 Å². The summed E-state index contributed by atoms with van der Waals surface area (Å²) in [7, 11) is 1.91. The minimum atomic E-state index is -1.01. The number of aromatic nitrogens is 1. The zero-order valence-corrected chi connectivity index (χ0v) is 9.18. The lowest BCUT2D eigenvalue weighted by Crippen LogP contribution is -2.38. The van der Waals surface area contributed by atoms with Gasteiger partial charge in [0.1, 0.15) is 0 Å². The van der Waals surface area contributed by atoms with Crippen molar-refractivity contribution in [1.82, 2.24) is 4.98 Å². The summed E-state index contributed by atoms with van der Waals surface area (Å²) in [6, 6.07) is 1.87. The Morgan fingerprint density at radius 1 is 1.62 bits per heavy atom. The third kappa shape index (κ3) is 1.68. The summed E-state index contributed by atoms with van der Waals surface area (Å²) >= 11 is 0. The van der Waals surface area contributed by atoms with Crippen LogP contribution in [0.1, 0.15) is 29.6 Å². The van der Waals surface area contributed by atoms with Gasteiger partial charge >= 0.3 is 5.97 Å². The van der Waals surface area contributed by atoms with E-state index in [9.17, 15) is 4.79 Å². The monoisotopic (exact) mass is 221 g/mol. The van der Waals surface area contributed by atoms with E-state index in [4.69, 9.17) is 10.8 Å². The Balaban J connectivity index is 2.33. The maximum absolute atomic E-state index is 10.9. The third-order valence-corrected chi connectivity index (χ3v) is 3.16. The predicted molar refractivity (Wildman–Crippen MR) is 61.7 cm³/mol. The number of nitrogen functional groups attached to an aromatic ring is 1. The van der Waals surface area contributed by atoms with E-state index in [1.165, 1.54) is 18.7 Å². The molecule has 1 saturated carbocycles. The molecule has 0 aliphatic heterocycles. The fourth-order valence-corrected chi connectivity index (χ4v) is 1.88. The minimum Gasteiger partial charge on any atom is -0.478 e. The van der Waals surface area contributed by atoms with Crippen LogP contribution in [0.3, 0.4) is 0 Å². The number of hydrogen-bond acceptors (Lipinski definition) is 4. The molecule has 1 aromatic rings. The summed E-state index contributed by atoms with van der Waals surface area (Å²) in [5.41, 5.74) is 6.19. The molecule has 1 heterocycles. The van der Waals surface area contributed by atoms with Crippen molar-refractivity contribution in [3.63, 3.8) is 0 Å². The first-order chi connectivity index (χ1) is 7.61. The molecule has 1 aromatic heterocycles. The molecule has 1 fully saturated rings. The van der Waals surface area contributed by atoms with E-state index in [0.717, 1.165) is 12.8 Å². The molecule has 2 rings (SSSR count). The first-order valence-corrected chi connectivity index (χ1v) is 5.32. The summed E-state index contributed by atoms with van der Waals surface area (Å²) in [4.78, 5) is 17.1. The largest absolute Gasteiger partial charge is 0.478 e. The van der Waals surface area contributed by atoms with E-state index in [1.807, 2.05) is 11.9 Å². The van der Waals surface area contributed by atoms with Gasteiger partial charge in [-0.2, -0.15) is 0 Å². The summed E-state index contributed by atoms with van der Waals surface area (Å²) in [6.07, 6.45) is 4.95. The summed E-state index contributed by atoms with van der Waals surface area (Å²) < 4.78 is 0. The average Bonchev–Trinajstić information content (AvgIpc) is 2.14. The van der Waals surface area contributed by atoms with Crippen LogP contribution in [0.4, 0.5) is 11.5 Å². The van der Waals surface area contributed by atoms with Gasteiger partial charge in [0.15, 0.2) is 5.82 Å². The lowest BCUT2D eigenvalue weighted by atomic mass is 9.92. The normalized spacial score (nSPS) is 15.6. The van der Waals surface area contributed by atoms with Crippen molar-refractivity contribution in [3.05, 3.63) is 17.8 Å². The van der Waals surface area contributed by atoms with E-state index in [0.29, 0.717) is 11.9 Å². The molecule has 0 radical (unpaired) electrons. The highest BCUT2D eigenvalue weighted by Gasteiger charge is 2.25. The van der Waals surface area contributed by atoms with Gasteiger partial charge in [-0.1, -0.05) is 0 Å². The van der Waals surface area contributed by atoms with Crippen molar-refractivity contribution in [3.8, 4) is 0 Å². The maximum atomic E-state index is 10.9. The number of pyridine rings is 1. The van der Waals surface area contributed by atoms with Gasteiger partial charge in [0, 0.05) is 19.3 Å². The quantitative estimate of drug-likeness (QED) is 0.805. The van der Waals surface area contributed by atoms with E-state index in [1.54, 1.807) is 0 Å². The van der Waals surface area contributed by atoms with Gasteiger partial charge in [-0.3, -0.25) is 0 Å². The highest BCUT2D eigenvalue weighted by atomic mass is 16.4. The first-order valence-electron chi connectivity index (χ1n) is 5.32. The van der Waals surface area contributed by atoms with Crippen LogP contribution >= 0.6 is 0 Å². The molecule has 5 nitrogen and oxygen atoms in total. The van der Waals surface area contributed by atoms with Crippen LogP contribution in [-0.2, 0) is 0 Å². The van der Waals surface area contributed by atoms with Crippen molar-refractivity contribution in [2.24, 2.45) is 0 Å². The summed E-state index contributed by atoms with van der Waals surface area (Å²) in [6.45, 7) is 0. The molecule has 0 atom stereocenters. The van der Waals surface area contributed by atoms with Crippen LogP contribution < -0.4 is 10.6 Å². The van der Waals surface area contributed by atoms with Crippen LogP contribution in [0.5, 0.6) is 0 Å². The Morgan fingerprint density at radius 3 is 2.81 bits per heavy atom. The Bertz CT molecular complexity index is 416. The molecule has 0 aromatic carbocycles. The molecule has 1 aliphatic rings. The van der Waals surface area contributed by atoms with Gasteiger partial charge in [0.2, 0.25) is 0 Å². The maximum Gasteiger partial charge on any atom is 0.337 e. The van der Waals surface area contributed by atoms with Gasteiger partial charge < -0.3 is 15.7 Å². The number of nitrogens with two attached hydrogens (primary N) is 1. The average molecular weight is 221 g/mol. The van der Waals surface area contributed by atoms with Crippen molar-refractivity contribution in [2.45, 2.75) is 25.3 Å². The molecular formula is C11H15N3O2. The highest BCUT2D eigenvalue weighted by Crippen LogP contribution is 2.31. The Labute approximate surface area is 93.9 Å². The second kappa shape index (κ2) is 4.00. The number of nitrogens with zero attached hydrogens (tertiary/aromatic N) is 2. The van der Waals surface area contributed by atoms with Gasteiger partial charge in [-0.05, 0) is 25.3 Å². The lowest BCUT2D eigenvalue weighted by molar-refractivity contribution is 0.0698. The van der Waals surface area contributed by atoms with E-state index < -0.39 is 5.97 Å². The molecule has 1 aliphatic carbocycles. The Hall–Kier alpha value is -1.78. The molecule has 16 heavy (non-hydrogen) atoms. The van der Waals surface area contributed by atoms with E-state index >= 15 is 0 Å². The number of carboxylic acid groups (broad SMARTS) is 1. The number of anilines is 2. The van der Waals surface area contributed by atoms with Crippen molar-refractivity contribution < 1.29 is 9.90 Å². The van der Waals surface area contributed by atoms with Crippen LogP contribution in [0.2, 0.25) is 0 Å². The van der Waals surface area contributed by atoms with E-state index in [-0.39, 0.29) is 11.3 Å². The number of rotatable bonds is 3. The highest BCUT2D eigenvalue weighted by molar-refractivity contribution is 5.96. The van der Waals surface area contributed by atoms with Crippen LogP contribution in [-0.4, -0.2) is 29.1 Å². The van der Waals surface area contributed by atoms with Crippen molar-refractivity contribution in [1.29, 1.82) is 0 Å². The predicted octanol–water partition coefficient (Wildman–Crippen LogP) is 1.35. The van der Waals surface area contributed by atoms with Crippen molar-refractivity contribution >= 4 is 17.5 Å². The molecule has 3 N–H and O–H groups in total. The summed E-state index contributed by atoms with van der Waals surface area (Å²) in [5, 5.41) is 8.96. The van der Waals surface area contributed by atoms with Gasteiger partial charge in [-0.15, -0.1) is 0 Å². The van der Waals surface area contributed by atoms with Crippen LogP contribution in [0.25, 0.3) is 0 Å². The Morgan fingerprint density at radius 2 is 2.31 bits per heavy atom. The third-order valence-electron chi connectivity index (χ3n) is 3.16. The molecular weight excluding hydrogens is 206 g/mol. The molecule has 0 saturated heterocycles. The fourth-order valence-electron chi connectivity index (χ4n) is 1.88. The smallest absolute Gasteiger partial charge is 0.337 e. The number of aromatic carboxylic acids is 1. The molecule has 5 heteroatoms. The standard InChI is InChI=1S/C11H15N3O2/c1-14(7-3-2-4-7)10-9(12)8(11(15)16)5-6-13-10/h5-7H,2-4,12H2,1H3,(H,15,16). The van der Waals surface area contributed by atoms with Gasteiger partial charge in [-0.25, -0.2) is 9.78 Å². The zero-order valence-electron chi connectivity index (χ0n) is 9.18. The SMILES string of the molecule is CN(c1nccc(C(=O)O)c1N)C1CCC1. The van der Waals surface area contributed by atoms with E-state index in [2.05, 4.69) is 4.98 Å². The first kappa shape index (κ1) is 10.7. The number of carbonyl (C=O) groups is 1. The van der Waals surface area contributed by atoms with Gasteiger partial charge in [0.25, 0.3) is 0 Å². The van der Waals surface area contributed by atoms with Crippen LogP contribution in [0, 0.1) is 0 Å². The Kier molecular flexibility index (Phi) is 2.68. The van der Waals surface area contributed by atoms with Gasteiger partial charge in [0.05, 0.1) is 11.3 Å². The zero-order chi connectivity index (χ0) is 11.7. The minimum absolute atomic E-state index is 0.121. The molecule has 0 bridgehead atoms. The molecule has 0 spiro atoms. The second-order valence-electron chi connectivity index (χ2n) is 4.10. The number of carboxylic acids is 1. The fraction of sp³-hybridized carbons (Fsp3) is 0.455. The van der Waals surface area contributed by atoms with Crippen LogP contribution in [0.15, 0.2) is 12.3 Å². The lowest BCUT2D eigenvalue weighted by Gasteiger charge is -2.36. The molecule has 0 amide bonds.